The third-order valence-corrected chi connectivity index (χ3v) is 3.61. The van der Waals surface area contributed by atoms with Gasteiger partial charge in [-0.25, -0.2) is 0 Å². The van der Waals surface area contributed by atoms with Gasteiger partial charge in [0.1, 0.15) is 0 Å². The average Bonchev–Trinajstić information content (AvgIpc) is 2.46. The van der Waals surface area contributed by atoms with E-state index < -0.39 is 11.7 Å². The van der Waals surface area contributed by atoms with Crippen LogP contribution in [0.4, 0.5) is 13.2 Å². The largest absolute Gasteiger partial charge is 0.416 e. The lowest BCUT2D eigenvalue weighted by Crippen LogP contribution is -2.28. The number of rotatable bonds is 4. The van der Waals surface area contributed by atoms with E-state index in [4.69, 9.17) is 11.6 Å². The molecule has 0 aliphatic rings. The lowest BCUT2D eigenvalue weighted by atomic mass is 10.1. The minimum atomic E-state index is -4.37. The number of hydrogen-bond acceptors (Lipinski definition) is 1. The van der Waals surface area contributed by atoms with Crippen molar-refractivity contribution in [2.75, 3.05) is 0 Å². The Labute approximate surface area is 137 Å². The van der Waals surface area contributed by atoms with E-state index in [1.54, 1.807) is 18.2 Å². The standard InChI is InChI=1S/C17H15ClF3NO/c1-11(13-3-2-4-15(18)10-13)22-16(23)9-12-5-7-14(8-6-12)17(19,20)21/h2-8,10-11H,9H2,1H3,(H,22,23). The molecule has 0 fully saturated rings. The molecule has 0 saturated carbocycles. The zero-order valence-electron chi connectivity index (χ0n) is 12.3. The van der Waals surface area contributed by atoms with Crippen LogP contribution in [0.1, 0.15) is 29.7 Å². The molecule has 2 aromatic rings. The molecule has 0 heterocycles. The van der Waals surface area contributed by atoms with Crippen LogP contribution in [0.2, 0.25) is 5.02 Å². The third-order valence-electron chi connectivity index (χ3n) is 3.37. The highest BCUT2D eigenvalue weighted by atomic mass is 35.5. The Hall–Kier alpha value is -2.01. The first-order valence-corrected chi connectivity index (χ1v) is 7.34. The van der Waals surface area contributed by atoms with Crippen LogP contribution in [0.25, 0.3) is 0 Å². The second-order valence-corrected chi connectivity index (χ2v) is 5.65. The first-order chi connectivity index (χ1) is 10.8. The van der Waals surface area contributed by atoms with E-state index in [0.29, 0.717) is 10.6 Å². The van der Waals surface area contributed by atoms with Crippen molar-refractivity contribution in [2.24, 2.45) is 0 Å². The molecule has 2 rings (SSSR count). The van der Waals surface area contributed by atoms with Gasteiger partial charge in [-0.2, -0.15) is 13.2 Å². The summed E-state index contributed by atoms with van der Waals surface area (Å²) in [5.41, 5.74) is 0.654. The molecule has 0 radical (unpaired) electrons. The molecule has 1 amide bonds. The Morgan fingerprint density at radius 2 is 1.83 bits per heavy atom. The second-order valence-electron chi connectivity index (χ2n) is 5.22. The van der Waals surface area contributed by atoms with Crippen LogP contribution in [-0.4, -0.2) is 5.91 Å². The smallest absolute Gasteiger partial charge is 0.349 e. The summed E-state index contributed by atoms with van der Waals surface area (Å²) in [5.74, 6) is -0.266. The summed E-state index contributed by atoms with van der Waals surface area (Å²) in [7, 11) is 0. The number of carbonyl (C=O) groups is 1. The average molecular weight is 342 g/mol. The van der Waals surface area contributed by atoms with Gasteiger partial charge in [0, 0.05) is 5.02 Å². The van der Waals surface area contributed by atoms with Crippen molar-refractivity contribution < 1.29 is 18.0 Å². The fourth-order valence-electron chi connectivity index (χ4n) is 2.15. The van der Waals surface area contributed by atoms with E-state index in [2.05, 4.69) is 5.32 Å². The second kappa shape index (κ2) is 7.04. The van der Waals surface area contributed by atoms with Crippen molar-refractivity contribution in [2.45, 2.75) is 25.6 Å². The van der Waals surface area contributed by atoms with Gasteiger partial charge in [0.15, 0.2) is 0 Å². The zero-order chi connectivity index (χ0) is 17.0. The van der Waals surface area contributed by atoms with Gasteiger partial charge in [0.2, 0.25) is 5.91 Å². The normalized spacial score (nSPS) is 12.7. The van der Waals surface area contributed by atoms with Crippen LogP contribution in [0.5, 0.6) is 0 Å². The summed E-state index contributed by atoms with van der Waals surface area (Å²) < 4.78 is 37.5. The Morgan fingerprint density at radius 1 is 1.17 bits per heavy atom. The predicted molar refractivity (Wildman–Crippen MR) is 83.2 cm³/mol. The van der Waals surface area contributed by atoms with Gasteiger partial charge in [0.05, 0.1) is 18.0 Å². The number of amides is 1. The van der Waals surface area contributed by atoms with E-state index in [1.165, 1.54) is 12.1 Å². The molecule has 122 valence electrons. The van der Waals surface area contributed by atoms with Crippen LogP contribution < -0.4 is 5.32 Å². The molecule has 1 atom stereocenters. The summed E-state index contributed by atoms with van der Waals surface area (Å²) in [4.78, 5) is 12.0. The highest BCUT2D eigenvalue weighted by Gasteiger charge is 2.29. The number of nitrogens with one attached hydrogen (secondary N) is 1. The molecule has 0 aromatic heterocycles. The number of benzene rings is 2. The summed E-state index contributed by atoms with van der Waals surface area (Å²) in [6.45, 7) is 1.82. The first kappa shape index (κ1) is 17.3. The SMILES string of the molecule is CC(NC(=O)Cc1ccc(C(F)(F)F)cc1)c1cccc(Cl)c1. The monoisotopic (exact) mass is 341 g/mol. The summed E-state index contributed by atoms with van der Waals surface area (Å²) in [6, 6.07) is 11.5. The Balaban J connectivity index is 1.97. The number of alkyl halides is 3. The molecule has 6 heteroatoms. The molecule has 2 aromatic carbocycles. The van der Waals surface area contributed by atoms with E-state index in [1.807, 2.05) is 13.0 Å². The molecule has 2 nitrogen and oxygen atoms in total. The molecule has 0 aliphatic carbocycles. The molecule has 0 spiro atoms. The van der Waals surface area contributed by atoms with Crippen molar-refractivity contribution in [1.82, 2.24) is 5.32 Å². The Kier molecular flexibility index (Phi) is 5.31. The van der Waals surface area contributed by atoms with Crippen LogP contribution in [0, 0.1) is 0 Å². The van der Waals surface area contributed by atoms with Gasteiger partial charge < -0.3 is 5.32 Å². The van der Waals surface area contributed by atoms with Gasteiger partial charge >= 0.3 is 6.18 Å². The predicted octanol–water partition coefficient (Wildman–Crippen LogP) is 4.78. The van der Waals surface area contributed by atoms with Gasteiger partial charge in [-0.05, 0) is 42.3 Å². The lowest BCUT2D eigenvalue weighted by molar-refractivity contribution is -0.137. The zero-order valence-corrected chi connectivity index (χ0v) is 13.1. The van der Waals surface area contributed by atoms with Gasteiger partial charge in [0.25, 0.3) is 0 Å². The maximum Gasteiger partial charge on any atom is 0.416 e. The summed E-state index contributed by atoms with van der Waals surface area (Å²) in [5, 5.41) is 3.37. The van der Waals surface area contributed by atoms with Gasteiger partial charge in [-0.15, -0.1) is 0 Å². The van der Waals surface area contributed by atoms with Crippen molar-refractivity contribution >= 4 is 17.5 Å². The number of halogens is 4. The number of carbonyl (C=O) groups excluding carboxylic acids is 1. The maximum atomic E-state index is 12.5. The van der Waals surface area contributed by atoms with Gasteiger partial charge in [-0.3, -0.25) is 4.79 Å². The minimum Gasteiger partial charge on any atom is -0.349 e. The van der Waals surface area contributed by atoms with Crippen LogP contribution >= 0.6 is 11.6 Å². The highest BCUT2D eigenvalue weighted by Crippen LogP contribution is 2.29. The molecule has 0 bridgehead atoms. The molecular weight excluding hydrogens is 327 g/mol. The molecule has 23 heavy (non-hydrogen) atoms. The summed E-state index contributed by atoms with van der Waals surface area (Å²) in [6.07, 6.45) is -4.36. The molecule has 1 N–H and O–H groups in total. The van der Waals surface area contributed by atoms with Crippen molar-refractivity contribution in [1.29, 1.82) is 0 Å². The molecular formula is C17H15ClF3NO. The number of hydrogen-bond donors (Lipinski definition) is 1. The molecule has 0 aliphatic heterocycles. The topological polar surface area (TPSA) is 29.1 Å². The molecule has 0 saturated heterocycles. The fourth-order valence-corrected chi connectivity index (χ4v) is 2.35. The van der Waals surface area contributed by atoms with Gasteiger partial charge in [-0.1, -0.05) is 35.9 Å². The molecule has 1 unspecified atom stereocenters. The van der Waals surface area contributed by atoms with Crippen LogP contribution in [-0.2, 0) is 17.4 Å². The third kappa shape index (κ3) is 4.99. The highest BCUT2D eigenvalue weighted by molar-refractivity contribution is 6.30. The fraction of sp³-hybridized carbons (Fsp3) is 0.235. The van der Waals surface area contributed by atoms with Crippen molar-refractivity contribution in [3.8, 4) is 0 Å². The van der Waals surface area contributed by atoms with E-state index in [-0.39, 0.29) is 18.4 Å². The van der Waals surface area contributed by atoms with Crippen LogP contribution in [0.3, 0.4) is 0 Å². The minimum absolute atomic E-state index is 0.0169. The van der Waals surface area contributed by atoms with Crippen LogP contribution in [0.15, 0.2) is 48.5 Å². The maximum absolute atomic E-state index is 12.5. The Bertz CT molecular complexity index is 683. The van der Waals surface area contributed by atoms with E-state index >= 15 is 0 Å². The first-order valence-electron chi connectivity index (χ1n) is 6.96. The summed E-state index contributed by atoms with van der Waals surface area (Å²) >= 11 is 5.90. The van der Waals surface area contributed by atoms with Crippen molar-refractivity contribution in [3.05, 3.63) is 70.2 Å². The van der Waals surface area contributed by atoms with E-state index in [9.17, 15) is 18.0 Å². The lowest BCUT2D eigenvalue weighted by Gasteiger charge is -2.15. The quantitative estimate of drug-likeness (QED) is 0.852. The van der Waals surface area contributed by atoms with E-state index in [0.717, 1.165) is 17.7 Å². The van der Waals surface area contributed by atoms with Crippen molar-refractivity contribution in [3.63, 3.8) is 0 Å². The Morgan fingerprint density at radius 3 is 2.39 bits per heavy atom.